The highest BCUT2D eigenvalue weighted by Crippen LogP contribution is 2.21. The first-order chi connectivity index (χ1) is 9.60. The summed E-state index contributed by atoms with van der Waals surface area (Å²) in [5.74, 6) is 0.861. The topological polar surface area (TPSA) is 50.3 Å². The van der Waals surface area contributed by atoms with E-state index in [4.69, 9.17) is 0 Å². The van der Waals surface area contributed by atoms with Gasteiger partial charge in [-0.15, -0.1) is 0 Å². The van der Waals surface area contributed by atoms with Crippen LogP contribution in [-0.4, -0.2) is 41.6 Å². The number of pyridine rings is 1. The Morgan fingerprint density at radius 3 is 2.60 bits per heavy atom. The number of piperidine rings is 1. The van der Waals surface area contributed by atoms with Crippen LogP contribution in [0.25, 0.3) is 0 Å². The molecule has 1 aromatic rings. The van der Waals surface area contributed by atoms with Crippen molar-refractivity contribution in [1.82, 2.24) is 9.88 Å². The first-order valence-corrected chi connectivity index (χ1v) is 7.28. The Hall–Kier alpha value is -1.55. The minimum absolute atomic E-state index is 0.0768. The zero-order chi connectivity index (χ0) is 14.5. The molecule has 0 N–H and O–H groups in total. The third kappa shape index (κ3) is 3.73. The van der Waals surface area contributed by atoms with Gasteiger partial charge < -0.3 is 4.90 Å². The van der Waals surface area contributed by atoms with Crippen molar-refractivity contribution in [1.29, 1.82) is 0 Å². The summed E-state index contributed by atoms with van der Waals surface area (Å²) in [6, 6.07) is 3.31. The second-order valence-electron chi connectivity index (χ2n) is 5.93. The summed E-state index contributed by atoms with van der Waals surface area (Å²) in [4.78, 5) is 29.5. The van der Waals surface area contributed by atoms with Crippen LogP contribution in [0, 0.1) is 11.8 Å². The van der Waals surface area contributed by atoms with E-state index in [0.717, 1.165) is 38.8 Å². The van der Waals surface area contributed by atoms with Crippen LogP contribution >= 0.6 is 0 Å². The number of Topliss-reactive ketones (excluding diaryl/α,β-unsaturated/α-hetero) is 1. The van der Waals surface area contributed by atoms with Crippen molar-refractivity contribution in [3.8, 4) is 0 Å². The molecule has 0 aliphatic carbocycles. The molecule has 0 radical (unpaired) electrons. The predicted molar refractivity (Wildman–Crippen MR) is 78.0 cm³/mol. The number of ketones is 1. The second-order valence-corrected chi connectivity index (χ2v) is 5.93. The Balaban J connectivity index is 1.92. The molecule has 2 heterocycles. The quantitative estimate of drug-likeness (QED) is 0.611. The van der Waals surface area contributed by atoms with E-state index in [1.807, 2.05) is 0 Å². The van der Waals surface area contributed by atoms with Crippen LogP contribution in [0.15, 0.2) is 18.3 Å². The fourth-order valence-corrected chi connectivity index (χ4v) is 2.72. The van der Waals surface area contributed by atoms with Crippen LogP contribution in [0.5, 0.6) is 0 Å². The average Bonchev–Trinajstić information content (AvgIpc) is 2.47. The Labute approximate surface area is 120 Å². The molecule has 20 heavy (non-hydrogen) atoms. The molecular weight excluding hydrogens is 252 g/mol. The lowest BCUT2D eigenvalue weighted by atomic mass is 9.90. The van der Waals surface area contributed by atoms with Crippen LogP contribution in [0.3, 0.4) is 0 Å². The largest absolute Gasteiger partial charge is 0.303 e. The van der Waals surface area contributed by atoms with Crippen molar-refractivity contribution in [3.63, 3.8) is 0 Å². The molecule has 0 bridgehead atoms. The fraction of sp³-hybridized carbons (Fsp3) is 0.562. The Morgan fingerprint density at radius 2 is 2.10 bits per heavy atom. The van der Waals surface area contributed by atoms with Crippen molar-refractivity contribution in [3.05, 3.63) is 29.6 Å². The smallest absolute Gasteiger partial charge is 0.184 e. The van der Waals surface area contributed by atoms with E-state index in [9.17, 15) is 9.59 Å². The van der Waals surface area contributed by atoms with E-state index in [2.05, 4.69) is 23.7 Å². The summed E-state index contributed by atoms with van der Waals surface area (Å²) >= 11 is 0. The average molecular weight is 274 g/mol. The second kappa shape index (κ2) is 6.75. The standard InChI is InChI=1S/C16H22N2O2/c1-12(2)10-18-7-5-14(6-8-18)16(20)15-4-3-13(11-19)9-17-15/h3-4,9,11-12,14H,5-8,10H2,1-2H3. The number of nitrogens with zero attached hydrogens (tertiary/aromatic N) is 2. The first kappa shape index (κ1) is 14.9. The molecule has 2 rings (SSSR count). The van der Waals surface area contributed by atoms with Gasteiger partial charge in [0.25, 0.3) is 0 Å². The number of carbonyl (C=O) groups is 2. The number of aromatic nitrogens is 1. The Morgan fingerprint density at radius 1 is 1.40 bits per heavy atom. The molecule has 0 saturated carbocycles. The number of hydrogen-bond donors (Lipinski definition) is 0. The summed E-state index contributed by atoms with van der Waals surface area (Å²) in [5.41, 5.74) is 0.992. The van der Waals surface area contributed by atoms with Crippen molar-refractivity contribution in [2.75, 3.05) is 19.6 Å². The first-order valence-electron chi connectivity index (χ1n) is 7.28. The van der Waals surface area contributed by atoms with Gasteiger partial charge in [0.1, 0.15) is 5.69 Å². The maximum atomic E-state index is 12.4. The molecule has 0 spiro atoms. The molecule has 4 nitrogen and oxygen atoms in total. The molecule has 1 saturated heterocycles. The molecule has 0 atom stereocenters. The van der Waals surface area contributed by atoms with Gasteiger partial charge in [0.15, 0.2) is 12.1 Å². The minimum atomic E-state index is 0.0768. The van der Waals surface area contributed by atoms with E-state index in [0.29, 0.717) is 17.2 Å². The summed E-state index contributed by atoms with van der Waals surface area (Å²) in [5, 5.41) is 0. The van der Waals surface area contributed by atoms with Crippen LogP contribution in [0.1, 0.15) is 47.5 Å². The van der Waals surface area contributed by atoms with Gasteiger partial charge in [0.05, 0.1) is 0 Å². The van der Waals surface area contributed by atoms with Crippen LogP contribution < -0.4 is 0 Å². The van der Waals surface area contributed by atoms with E-state index < -0.39 is 0 Å². The van der Waals surface area contributed by atoms with Crippen LogP contribution in [-0.2, 0) is 0 Å². The number of hydrogen-bond acceptors (Lipinski definition) is 4. The molecule has 1 aliphatic rings. The highest BCUT2D eigenvalue weighted by atomic mass is 16.1. The van der Waals surface area contributed by atoms with Gasteiger partial charge in [0.2, 0.25) is 0 Å². The maximum absolute atomic E-state index is 12.4. The van der Waals surface area contributed by atoms with E-state index in [-0.39, 0.29) is 11.7 Å². The molecule has 0 unspecified atom stereocenters. The van der Waals surface area contributed by atoms with Gasteiger partial charge >= 0.3 is 0 Å². The lowest BCUT2D eigenvalue weighted by Gasteiger charge is -2.32. The summed E-state index contributed by atoms with van der Waals surface area (Å²) in [6.07, 6.45) is 4.02. The van der Waals surface area contributed by atoms with Crippen molar-refractivity contribution >= 4 is 12.1 Å². The predicted octanol–water partition coefficient (Wildman–Crippen LogP) is 2.44. The molecule has 1 aromatic heterocycles. The number of carbonyl (C=O) groups excluding carboxylic acids is 2. The lowest BCUT2D eigenvalue weighted by molar-refractivity contribution is 0.0825. The van der Waals surface area contributed by atoms with Gasteiger partial charge in [-0.05, 0) is 44.0 Å². The SMILES string of the molecule is CC(C)CN1CCC(C(=O)c2ccc(C=O)cn2)CC1. The summed E-state index contributed by atoms with van der Waals surface area (Å²) in [6.45, 7) is 7.51. The fourth-order valence-electron chi connectivity index (χ4n) is 2.72. The molecule has 0 aromatic carbocycles. The zero-order valence-corrected chi connectivity index (χ0v) is 12.2. The molecular formula is C16H22N2O2. The summed E-state index contributed by atoms with van der Waals surface area (Å²) in [7, 11) is 0. The van der Waals surface area contributed by atoms with Gasteiger partial charge in [-0.1, -0.05) is 13.8 Å². The van der Waals surface area contributed by atoms with Gasteiger partial charge in [-0.3, -0.25) is 14.6 Å². The van der Waals surface area contributed by atoms with E-state index >= 15 is 0 Å². The maximum Gasteiger partial charge on any atom is 0.184 e. The minimum Gasteiger partial charge on any atom is -0.303 e. The highest BCUT2D eigenvalue weighted by molar-refractivity contribution is 5.96. The number of likely N-dealkylation sites (tertiary alicyclic amines) is 1. The van der Waals surface area contributed by atoms with E-state index in [1.54, 1.807) is 12.1 Å². The van der Waals surface area contributed by atoms with Crippen LogP contribution in [0.2, 0.25) is 0 Å². The van der Waals surface area contributed by atoms with Gasteiger partial charge in [-0.25, -0.2) is 0 Å². The van der Waals surface area contributed by atoms with Crippen molar-refractivity contribution in [2.24, 2.45) is 11.8 Å². The van der Waals surface area contributed by atoms with Crippen LogP contribution in [0.4, 0.5) is 0 Å². The van der Waals surface area contributed by atoms with Crippen molar-refractivity contribution < 1.29 is 9.59 Å². The highest BCUT2D eigenvalue weighted by Gasteiger charge is 2.26. The lowest BCUT2D eigenvalue weighted by Crippen LogP contribution is -2.38. The van der Waals surface area contributed by atoms with Gasteiger partial charge in [-0.2, -0.15) is 0 Å². The monoisotopic (exact) mass is 274 g/mol. The molecule has 1 fully saturated rings. The Bertz CT molecular complexity index is 460. The normalized spacial score (nSPS) is 17.4. The number of aldehydes is 1. The third-order valence-corrected chi connectivity index (χ3v) is 3.76. The number of rotatable bonds is 5. The third-order valence-electron chi connectivity index (χ3n) is 3.76. The van der Waals surface area contributed by atoms with E-state index in [1.165, 1.54) is 6.20 Å². The summed E-state index contributed by atoms with van der Waals surface area (Å²) < 4.78 is 0. The molecule has 108 valence electrons. The van der Waals surface area contributed by atoms with Gasteiger partial charge in [0, 0.05) is 24.2 Å². The molecule has 4 heteroatoms. The van der Waals surface area contributed by atoms with Crippen molar-refractivity contribution in [2.45, 2.75) is 26.7 Å². The molecule has 0 amide bonds. The molecule has 1 aliphatic heterocycles. The zero-order valence-electron chi connectivity index (χ0n) is 12.2. The Kier molecular flexibility index (Phi) is 5.01.